The van der Waals surface area contributed by atoms with Crippen LogP contribution in [0.2, 0.25) is 0 Å². The molecule has 0 aromatic heterocycles. The number of hydrogen-bond donors (Lipinski definition) is 1. The standard InChI is InChI=1S/C9H17NO/c1-6(2)7-8(10-7)9(11-3)4-5-9/h6-8,10H,4-5H2,1-3H3. The van der Waals surface area contributed by atoms with Gasteiger partial charge in [0.25, 0.3) is 0 Å². The van der Waals surface area contributed by atoms with Gasteiger partial charge in [0.05, 0.1) is 11.6 Å². The molecule has 1 aliphatic carbocycles. The Morgan fingerprint density at radius 3 is 2.36 bits per heavy atom. The summed E-state index contributed by atoms with van der Waals surface area (Å²) in [7, 11) is 1.84. The van der Waals surface area contributed by atoms with Gasteiger partial charge in [-0.25, -0.2) is 0 Å². The van der Waals surface area contributed by atoms with Crippen molar-refractivity contribution < 1.29 is 4.74 Å². The molecule has 11 heavy (non-hydrogen) atoms. The third-order valence-electron chi connectivity index (χ3n) is 3.06. The molecule has 1 saturated heterocycles. The second-order valence-corrected chi connectivity index (χ2v) is 4.18. The molecule has 2 heteroatoms. The minimum absolute atomic E-state index is 0.245. The Morgan fingerprint density at radius 2 is 2.09 bits per heavy atom. The number of hydrogen-bond acceptors (Lipinski definition) is 2. The first-order valence-electron chi connectivity index (χ1n) is 4.51. The molecule has 0 aromatic carbocycles. The van der Waals surface area contributed by atoms with Gasteiger partial charge in [-0.15, -0.1) is 0 Å². The Hall–Kier alpha value is -0.0800. The second kappa shape index (κ2) is 2.20. The summed E-state index contributed by atoms with van der Waals surface area (Å²) in [6.07, 6.45) is 2.51. The summed E-state index contributed by atoms with van der Waals surface area (Å²) in [5.74, 6) is 0.757. The van der Waals surface area contributed by atoms with Gasteiger partial charge < -0.3 is 10.1 Å². The monoisotopic (exact) mass is 155 g/mol. The molecule has 2 fully saturated rings. The fraction of sp³-hybridized carbons (Fsp3) is 1.00. The van der Waals surface area contributed by atoms with E-state index < -0.39 is 0 Å². The summed E-state index contributed by atoms with van der Waals surface area (Å²) in [5.41, 5.74) is 0.245. The lowest BCUT2D eigenvalue weighted by molar-refractivity contribution is 0.0762. The predicted octanol–water partition coefficient (Wildman–Crippen LogP) is 1.16. The van der Waals surface area contributed by atoms with Crippen LogP contribution < -0.4 is 5.32 Å². The van der Waals surface area contributed by atoms with Crippen molar-refractivity contribution in [1.29, 1.82) is 0 Å². The maximum Gasteiger partial charge on any atom is 0.0848 e. The third kappa shape index (κ3) is 1.09. The highest BCUT2D eigenvalue weighted by molar-refractivity contribution is 5.18. The normalized spacial score (nSPS) is 39.3. The maximum absolute atomic E-state index is 5.49. The van der Waals surface area contributed by atoms with Crippen molar-refractivity contribution >= 4 is 0 Å². The lowest BCUT2D eigenvalue weighted by atomic mass is 10.0. The highest BCUT2D eigenvalue weighted by Crippen LogP contribution is 2.48. The van der Waals surface area contributed by atoms with Crippen LogP contribution in [0.25, 0.3) is 0 Å². The molecule has 1 aliphatic heterocycles. The van der Waals surface area contributed by atoms with E-state index >= 15 is 0 Å². The topological polar surface area (TPSA) is 31.2 Å². The van der Waals surface area contributed by atoms with Gasteiger partial charge in [-0.2, -0.15) is 0 Å². The van der Waals surface area contributed by atoms with Gasteiger partial charge in [0, 0.05) is 13.2 Å². The van der Waals surface area contributed by atoms with Crippen molar-refractivity contribution in [2.75, 3.05) is 7.11 Å². The summed E-state index contributed by atoms with van der Waals surface area (Å²) in [5, 5.41) is 3.50. The molecule has 2 rings (SSSR count). The first-order chi connectivity index (χ1) is 5.19. The van der Waals surface area contributed by atoms with Crippen LogP contribution in [0.4, 0.5) is 0 Å². The van der Waals surface area contributed by atoms with E-state index in [0.29, 0.717) is 6.04 Å². The molecule has 0 radical (unpaired) electrons. The largest absolute Gasteiger partial charge is 0.377 e. The molecule has 1 N–H and O–H groups in total. The van der Waals surface area contributed by atoms with E-state index in [1.807, 2.05) is 7.11 Å². The summed E-state index contributed by atoms with van der Waals surface area (Å²) >= 11 is 0. The molecule has 0 aromatic rings. The van der Waals surface area contributed by atoms with Crippen molar-refractivity contribution in [3.63, 3.8) is 0 Å². The highest BCUT2D eigenvalue weighted by atomic mass is 16.5. The fourth-order valence-electron chi connectivity index (χ4n) is 1.97. The van der Waals surface area contributed by atoms with Crippen LogP contribution in [-0.2, 0) is 4.74 Å². The van der Waals surface area contributed by atoms with Crippen LogP contribution in [0, 0.1) is 5.92 Å². The van der Waals surface area contributed by atoms with Gasteiger partial charge in [0.2, 0.25) is 0 Å². The van der Waals surface area contributed by atoms with Gasteiger partial charge in [-0.3, -0.25) is 0 Å². The lowest BCUT2D eigenvalue weighted by Crippen LogP contribution is -2.23. The average molecular weight is 155 g/mol. The minimum Gasteiger partial charge on any atom is -0.377 e. The van der Waals surface area contributed by atoms with Crippen LogP contribution in [0.1, 0.15) is 26.7 Å². The number of methoxy groups -OCH3 is 1. The van der Waals surface area contributed by atoms with E-state index in [2.05, 4.69) is 19.2 Å². The van der Waals surface area contributed by atoms with Crippen molar-refractivity contribution in [3.8, 4) is 0 Å². The number of rotatable bonds is 3. The molecule has 0 bridgehead atoms. The molecule has 1 saturated carbocycles. The second-order valence-electron chi connectivity index (χ2n) is 4.18. The Balaban J connectivity index is 1.91. The van der Waals surface area contributed by atoms with Crippen molar-refractivity contribution in [2.45, 2.75) is 44.4 Å². The van der Waals surface area contributed by atoms with E-state index in [9.17, 15) is 0 Å². The van der Waals surface area contributed by atoms with E-state index in [-0.39, 0.29) is 5.60 Å². The quantitative estimate of drug-likeness (QED) is 0.620. The zero-order chi connectivity index (χ0) is 8.06. The third-order valence-corrected chi connectivity index (χ3v) is 3.06. The Kier molecular flexibility index (Phi) is 1.52. The minimum atomic E-state index is 0.245. The molecule has 0 amide bonds. The molecular formula is C9H17NO. The first kappa shape index (κ1) is 7.56. The van der Waals surface area contributed by atoms with Crippen LogP contribution in [0.3, 0.4) is 0 Å². The maximum atomic E-state index is 5.49. The molecule has 2 nitrogen and oxygen atoms in total. The first-order valence-corrected chi connectivity index (χ1v) is 4.51. The van der Waals surface area contributed by atoms with Crippen molar-refractivity contribution in [1.82, 2.24) is 5.32 Å². The summed E-state index contributed by atoms with van der Waals surface area (Å²) < 4.78 is 5.49. The summed E-state index contributed by atoms with van der Waals surface area (Å²) in [6, 6.07) is 1.38. The smallest absolute Gasteiger partial charge is 0.0848 e. The van der Waals surface area contributed by atoms with Crippen LogP contribution >= 0.6 is 0 Å². The van der Waals surface area contributed by atoms with Gasteiger partial charge in [-0.1, -0.05) is 13.8 Å². The van der Waals surface area contributed by atoms with Crippen LogP contribution in [0.5, 0.6) is 0 Å². The van der Waals surface area contributed by atoms with Crippen molar-refractivity contribution in [3.05, 3.63) is 0 Å². The SMILES string of the molecule is COC1(C2NC2C(C)C)CC1. The van der Waals surface area contributed by atoms with Crippen molar-refractivity contribution in [2.24, 2.45) is 5.92 Å². The van der Waals surface area contributed by atoms with Gasteiger partial charge >= 0.3 is 0 Å². The lowest BCUT2D eigenvalue weighted by Gasteiger charge is -2.11. The Labute approximate surface area is 68.3 Å². The van der Waals surface area contributed by atoms with Crippen LogP contribution in [-0.4, -0.2) is 24.8 Å². The summed E-state index contributed by atoms with van der Waals surface area (Å²) in [4.78, 5) is 0. The van der Waals surface area contributed by atoms with E-state index in [0.717, 1.165) is 12.0 Å². The molecule has 2 aliphatic rings. The van der Waals surface area contributed by atoms with E-state index in [4.69, 9.17) is 4.74 Å². The van der Waals surface area contributed by atoms with Gasteiger partial charge in [-0.05, 0) is 18.8 Å². The zero-order valence-corrected chi connectivity index (χ0v) is 7.55. The zero-order valence-electron chi connectivity index (χ0n) is 7.55. The predicted molar refractivity (Wildman–Crippen MR) is 44.5 cm³/mol. The fourth-order valence-corrected chi connectivity index (χ4v) is 1.97. The highest BCUT2D eigenvalue weighted by Gasteiger charge is 2.60. The Morgan fingerprint density at radius 1 is 1.45 bits per heavy atom. The van der Waals surface area contributed by atoms with Gasteiger partial charge in [0.1, 0.15) is 0 Å². The molecule has 64 valence electrons. The van der Waals surface area contributed by atoms with E-state index in [1.54, 1.807) is 0 Å². The molecular weight excluding hydrogens is 138 g/mol. The summed E-state index contributed by atoms with van der Waals surface area (Å²) in [6.45, 7) is 4.53. The molecule has 2 unspecified atom stereocenters. The number of nitrogens with one attached hydrogen (secondary N) is 1. The Bertz CT molecular complexity index is 163. The molecule has 0 spiro atoms. The number of ether oxygens (including phenoxy) is 1. The van der Waals surface area contributed by atoms with E-state index in [1.165, 1.54) is 12.8 Å². The van der Waals surface area contributed by atoms with Gasteiger partial charge in [0.15, 0.2) is 0 Å². The molecule has 1 heterocycles. The van der Waals surface area contributed by atoms with Crippen LogP contribution in [0.15, 0.2) is 0 Å². The average Bonchev–Trinajstić information content (AvgIpc) is 2.83. The molecule has 2 atom stereocenters.